The summed E-state index contributed by atoms with van der Waals surface area (Å²) < 4.78 is 5.09. The minimum Gasteiger partial charge on any atom is -0.445 e. The summed E-state index contributed by atoms with van der Waals surface area (Å²) in [4.78, 5) is 34.3. The van der Waals surface area contributed by atoms with Gasteiger partial charge < -0.3 is 21.1 Å². The van der Waals surface area contributed by atoms with Crippen LogP contribution in [0.1, 0.15) is 24.0 Å². The molecule has 0 bridgehead atoms. The zero-order valence-electron chi connectivity index (χ0n) is 14.9. The Labute approximate surface area is 157 Å². The van der Waals surface area contributed by atoms with Gasteiger partial charge in [-0.15, -0.1) is 0 Å². The molecule has 0 atom stereocenters. The van der Waals surface area contributed by atoms with Crippen LogP contribution in [0.5, 0.6) is 0 Å². The molecule has 2 rings (SSSR count). The van der Waals surface area contributed by atoms with E-state index >= 15 is 0 Å². The van der Waals surface area contributed by atoms with Crippen LogP contribution in [0.15, 0.2) is 54.6 Å². The number of hydrogen-bond acceptors (Lipinski definition) is 4. The first-order valence-corrected chi connectivity index (χ1v) is 8.64. The molecule has 2 aromatic rings. The van der Waals surface area contributed by atoms with Crippen LogP contribution >= 0.6 is 0 Å². The number of nitrogens with two attached hydrogens (primary N) is 1. The molecule has 2 aromatic carbocycles. The van der Waals surface area contributed by atoms with Crippen molar-refractivity contribution in [2.75, 3.05) is 11.9 Å². The van der Waals surface area contributed by atoms with Gasteiger partial charge in [0.05, 0.1) is 6.42 Å². The predicted octanol–water partition coefficient (Wildman–Crippen LogP) is 2.36. The van der Waals surface area contributed by atoms with Gasteiger partial charge in [0.2, 0.25) is 11.8 Å². The van der Waals surface area contributed by atoms with Gasteiger partial charge in [-0.3, -0.25) is 9.59 Å². The van der Waals surface area contributed by atoms with Gasteiger partial charge in [-0.2, -0.15) is 0 Å². The smallest absolute Gasteiger partial charge is 0.407 e. The Balaban J connectivity index is 1.60. The fraction of sp³-hybridized carbons (Fsp3) is 0.250. The highest BCUT2D eigenvalue weighted by atomic mass is 16.5. The zero-order chi connectivity index (χ0) is 19.5. The Morgan fingerprint density at radius 3 is 2.30 bits per heavy atom. The van der Waals surface area contributed by atoms with E-state index in [-0.39, 0.29) is 25.4 Å². The summed E-state index contributed by atoms with van der Waals surface area (Å²) in [5, 5.41) is 5.37. The molecule has 7 heteroatoms. The number of rotatable bonds is 9. The number of alkyl carbamates (subject to hydrolysis) is 1. The number of ether oxygens (including phenoxy) is 1. The highest BCUT2D eigenvalue weighted by Crippen LogP contribution is 2.10. The largest absolute Gasteiger partial charge is 0.445 e. The van der Waals surface area contributed by atoms with Gasteiger partial charge in [-0.1, -0.05) is 42.5 Å². The van der Waals surface area contributed by atoms with E-state index in [0.29, 0.717) is 18.7 Å². The van der Waals surface area contributed by atoms with E-state index in [9.17, 15) is 14.4 Å². The molecule has 0 aliphatic rings. The van der Waals surface area contributed by atoms with E-state index in [2.05, 4.69) is 10.6 Å². The molecule has 0 unspecified atom stereocenters. The fourth-order valence-corrected chi connectivity index (χ4v) is 2.34. The quantitative estimate of drug-likeness (QED) is 0.589. The number of nitrogens with one attached hydrogen (secondary N) is 2. The Kier molecular flexibility index (Phi) is 7.84. The molecule has 0 saturated heterocycles. The maximum absolute atomic E-state index is 11.9. The molecule has 0 heterocycles. The molecule has 27 heavy (non-hydrogen) atoms. The number of carbonyl (C=O) groups excluding carboxylic acids is 3. The van der Waals surface area contributed by atoms with Gasteiger partial charge in [0, 0.05) is 18.7 Å². The van der Waals surface area contributed by atoms with Gasteiger partial charge in [-0.05, 0) is 29.7 Å². The van der Waals surface area contributed by atoms with Crippen molar-refractivity contribution in [3.8, 4) is 0 Å². The monoisotopic (exact) mass is 369 g/mol. The van der Waals surface area contributed by atoms with E-state index in [1.54, 1.807) is 24.3 Å². The topological polar surface area (TPSA) is 111 Å². The summed E-state index contributed by atoms with van der Waals surface area (Å²) in [6.45, 7) is 0.553. The van der Waals surface area contributed by atoms with Crippen LogP contribution < -0.4 is 16.4 Å². The summed E-state index contributed by atoms with van der Waals surface area (Å²) in [5.41, 5.74) is 7.48. The lowest BCUT2D eigenvalue weighted by Gasteiger charge is -2.08. The van der Waals surface area contributed by atoms with Crippen LogP contribution in [0, 0.1) is 0 Å². The van der Waals surface area contributed by atoms with E-state index in [1.165, 1.54) is 0 Å². The van der Waals surface area contributed by atoms with Crippen molar-refractivity contribution < 1.29 is 19.1 Å². The second-order valence-corrected chi connectivity index (χ2v) is 5.98. The van der Waals surface area contributed by atoms with Crippen LogP contribution in [-0.2, 0) is 27.4 Å². The molecule has 0 saturated carbocycles. The molecule has 3 amide bonds. The standard InChI is InChI=1S/C20H23N3O4/c21-18(24)13-15-8-10-17(11-9-15)23-19(25)7-4-12-22-20(26)27-14-16-5-2-1-3-6-16/h1-3,5-6,8-11H,4,7,12-14H2,(H2,21,24)(H,22,26)(H,23,25). The van der Waals surface area contributed by atoms with Crippen molar-refractivity contribution in [1.29, 1.82) is 0 Å². The number of hydrogen-bond donors (Lipinski definition) is 3. The van der Waals surface area contributed by atoms with Crippen molar-refractivity contribution >= 4 is 23.6 Å². The normalized spacial score (nSPS) is 10.1. The summed E-state index contributed by atoms with van der Waals surface area (Å²) in [5.74, 6) is -0.557. The van der Waals surface area contributed by atoms with Crippen molar-refractivity contribution in [1.82, 2.24) is 5.32 Å². The maximum Gasteiger partial charge on any atom is 0.407 e. The number of primary amides is 1. The summed E-state index contributed by atoms with van der Waals surface area (Å²) in [6.07, 6.45) is 0.415. The molecule has 142 valence electrons. The minimum atomic E-state index is -0.510. The highest BCUT2D eigenvalue weighted by molar-refractivity contribution is 5.90. The van der Waals surface area contributed by atoms with Crippen molar-refractivity contribution in [2.24, 2.45) is 5.73 Å². The average molecular weight is 369 g/mol. The zero-order valence-corrected chi connectivity index (χ0v) is 14.9. The number of benzene rings is 2. The average Bonchev–Trinajstić information content (AvgIpc) is 2.65. The molecule has 0 aliphatic heterocycles. The van der Waals surface area contributed by atoms with Crippen LogP contribution in [0.3, 0.4) is 0 Å². The second-order valence-electron chi connectivity index (χ2n) is 5.98. The summed E-state index contributed by atoms with van der Waals surface area (Å²) >= 11 is 0. The van der Waals surface area contributed by atoms with E-state index < -0.39 is 12.0 Å². The third-order valence-corrected chi connectivity index (χ3v) is 3.68. The molecule has 0 spiro atoms. The second kappa shape index (κ2) is 10.6. The molecule has 0 aromatic heterocycles. The first-order chi connectivity index (χ1) is 13.0. The van der Waals surface area contributed by atoms with E-state index in [1.807, 2.05) is 30.3 Å². The summed E-state index contributed by atoms with van der Waals surface area (Å²) in [7, 11) is 0. The fourth-order valence-electron chi connectivity index (χ4n) is 2.34. The molecular formula is C20H23N3O4. The van der Waals surface area contributed by atoms with E-state index in [4.69, 9.17) is 10.5 Å². The van der Waals surface area contributed by atoms with E-state index in [0.717, 1.165) is 11.1 Å². The van der Waals surface area contributed by atoms with Gasteiger partial charge in [0.25, 0.3) is 0 Å². The van der Waals surface area contributed by atoms with Gasteiger partial charge in [0.1, 0.15) is 6.61 Å². The molecular weight excluding hydrogens is 346 g/mol. The van der Waals surface area contributed by atoms with Crippen LogP contribution in [0.2, 0.25) is 0 Å². The number of carbonyl (C=O) groups is 3. The third kappa shape index (κ3) is 8.04. The maximum atomic E-state index is 11.9. The highest BCUT2D eigenvalue weighted by Gasteiger charge is 2.05. The first kappa shape index (κ1) is 20.0. The Hall–Kier alpha value is -3.35. The third-order valence-electron chi connectivity index (χ3n) is 3.68. The molecule has 4 N–H and O–H groups in total. The van der Waals surface area contributed by atoms with Crippen LogP contribution in [0.25, 0.3) is 0 Å². The number of anilines is 1. The Morgan fingerprint density at radius 2 is 1.63 bits per heavy atom. The van der Waals surface area contributed by atoms with Gasteiger partial charge >= 0.3 is 6.09 Å². The SMILES string of the molecule is NC(=O)Cc1ccc(NC(=O)CCCNC(=O)OCc2ccccc2)cc1. The lowest BCUT2D eigenvalue weighted by molar-refractivity contribution is -0.117. The molecule has 0 fully saturated rings. The van der Waals surface area contributed by atoms with Crippen LogP contribution in [-0.4, -0.2) is 24.5 Å². The van der Waals surface area contributed by atoms with Crippen molar-refractivity contribution in [2.45, 2.75) is 25.9 Å². The van der Waals surface area contributed by atoms with Gasteiger partial charge in [-0.25, -0.2) is 4.79 Å². The van der Waals surface area contributed by atoms with Gasteiger partial charge in [0.15, 0.2) is 0 Å². The lowest BCUT2D eigenvalue weighted by Crippen LogP contribution is -2.26. The molecule has 0 radical (unpaired) electrons. The Morgan fingerprint density at radius 1 is 0.926 bits per heavy atom. The lowest BCUT2D eigenvalue weighted by atomic mass is 10.1. The minimum absolute atomic E-state index is 0.155. The van der Waals surface area contributed by atoms with Crippen molar-refractivity contribution in [3.63, 3.8) is 0 Å². The van der Waals surface area contributed by atoms with Crippen molar-refractivity contribution in [3.05, 3.63) is 65.7 Å². The first-order valence-electron chi connectivity index (χ1n) is 8.64. The van der Waals surface area contributed by atoms with Crippen LogP contribution in [0.4, 0.5) is 10.5 Å². The molecule has 7 nitrogen and oxygen atoms in total. The Bertz CT molecular complexity index is 761. The predicted molar refractivity (Wildman–Crippen MR) is 102 cm³/mol. The molecule has 0 aliphatic carbocycles. The number of amides is 3. The summed E-state index contributed by atoms with van der Waals surface area (Å²) in [6, 6.07) is 16.3.